The SMILES string of the molecule is COc1ccc2c(c1)C(n1ncc(C)c1N)CC2. The first kappa shape index (κ1) is 11.1. The average Bonchev–Trinajstić information content (AvgIpc) is 2.94. The number of methoxy groups -OCH3 is 1. The molecule has 3 rings (SSSR count). The van der Waals surface area contributed by atoms with Crippen LogP contribution < -0.4 is 10.5 Å². The second-order valence-corrected chi connectivity index (χ2v) is 4.78. The molecular weight excluding hydrogens is 226 g/mol. The van der Waals surface area contributed by atoms with E-state index >= 15 is 0 Å². The number of nitrogens with two attached hydrogens (primary N) is 1. The third kappa shape index (κ3) is 1.56. The zero-order valence-electron chi connectivity index (χ0n) is 10.7. The van der Waals surface area contributed by atoms with Crippen LogP contribution in [-0.4, -0.2) is 16.9 Å². The van der Waals surface area contributed by atoms with Crippen molar-refractivity contribution in [3.05, 3.63) is 41.1 Å². The standard InChI is InChI=1S/C14H17N3O/c1-9-8-16-17(14(9)15)13-6-4-10-3-5-11(18-2)7-12(10)13/h3,5,7-8,13H,4,6,15H2,1-2H3. The van der Waals surface area contributed by atoms with Crippen LogP contribution in [0.4, 0.5) is 5.82 Å². The highest BCUT2D eigenvalue weighted by atomic mass is 16.5. The number of nitrogens with zero attached hydrogens (tertiary/aromatic N) is 2. The number of fused-ring (bicyclic) bond motifs is 1. The fourth-order valence-corrected chi connectivity index (χ4v) is 2.65. The van der Waals surface area contributed by atoms with Gasteiger partial charge in [-0.25, -0.2) is 4.68 Å². The summed E-state index contributed by atoms with van der Waals surface area (Å²) in [6.45, 7) is 1.99. The summed E-state index contributed by atoms with van der Waals surface area (Å²) in [7, 11) is 1.69. The van der Waals surface area contributed by atoms with Gasteiger partial charge in [-0.2, -0.15) is 5.10 Å². The molecule has 0 saturated carbocycles. The molecule has 4 nitrogen and oxygen atoms in total. The van der Waals surface area contributed by atoms with E-state index in [0.717, 1.165) is 30.0 Å². The Morgan fingerprint density at radius 1 is 1.44 bits per heavy atom. The van der Waals surface area contributed by atoms with E-state index in [9.17, 15) is 0 Å². The number of rotatable bonds is 2. The van der Waals surface area contributed by atoms with Gasteiger partial charge in [0.25, 0.3) is 0 Å². The molecule has 1 unspecified atom stereocenters. The van der Waals surface area contributed by atoms with Gasteiger partial charge in [0.2, 0.25) is 0 Å². The first-order chi connectivity index (χ1) is 8.70. The van der Waals surface area contributed by atoms with E-state index in [0.29, 0.717) is 0 Å². The highest BCUT2D eigenvalue weighted by molar-refractivity contribution is 5.44. The predicted octanol–water partition coefficient (Wildman–Crippen LogP) is 2.32. The second-order valence-electron chi connectivity index (χ2n) is 4.78. The summed E-state index contributed by atoms with van der Waals surface area (Å²) in [6.07, 6.45) is 3.95. The zero-order chi connectivity index (χ0) is 12.7. The number of aromatic nitrogens is 2. The Balaban J connectivity index is 2.06. The molecule has 1 aliphatic carbocycles. The lowest BCUT2D eigenvalue weighted by atomic mass is 10.1. The van der Waals surface area contributed by atoms with Crippen molar-refractivity contribution in [1.82, 2.24) is 9.78 Å². The minimum Gasteiger partial charge on any atom is -0.497 e. The molecule has 1 aromatic carbocycles. The molecule has 94 valence electrons. The van der Waals surface area contributed by atoms with Gasteiger partial charge in [0.1, 0.15) is 11.6 Å². The van der Waals surface area contributed by atoms with Crippen molar-refractivity contribution in [2.45, 2.75) is 25.8 Å². The molecule has 18 heavy (non-hydrogen) atoms. The van der Waals surface area contributed by atoms with Crippen LogP contribution in [0.5, 0.6) is 5.75 Å². The highest BCUT2D eigenvalue weighted by Crippen LogP contribution is 2.37. The molecule has 2 aromatic rings. The predicted molar refractivity (Wildman–Crippen MR) is 70.8 cm³/mol. The summed E-state index contributed by atoms with van der Waals surface area (Å²) in [5, 5.41) is 4.40. The summed E-state index contributed by atoms with van der Waals surface area (Å²) in [4.78, 5) is 0. The molecule has 1 atom stereocenters. The molecule has 0 fully saturated rings. The fourth-order valence-electron chi connectivity index (χ4n) is 2.65. The third-order valence-corrected chi connectivity index (χ3v) is 3.72. The monoisotopic (exact) mass is 243 g/mol. The van der Waals surface area contributed by atoms with Gasteiger partial charge in [-0.05, 0) is 43.0 Å². The smallest absolute Gasteiger partial charge is 0.125 e. The van der Waals surface area contributed by atoms with E-state index < -0.39 is 0 Å². The van der Waals surface area contributed by atoms with Gasteiger partial charge in [-0.15, -0.1) is 0 Å². The van der Waals surface area contributed by atoms with E-state index in [2.05, 4.69) is 17.2 Å². The van der Waals surface area contributed by atoms with Gasteiger partial charge in [-0.1, -0.05) is 6.07 Å². The van der Waals surface area contributed by atoms with E-state index in [-0.39, 0.29) is 6.04 Å². The minimum atomic E-state index is 0.240. The summed E-state index contributed by atoms with van der Waals surface area (Å²) in [5.74, 6) is 1.65. The average molecular weight is 243 g/mol. The number of hydrogen-bond acceptors (Lipinski definition) is 3. The van der Waals surface area contributed by atoms with Crippen LogP contribution in [0, 0.1) is 6.92 Å². The molecule has 1 heterocycles. The molecule has 0 saturated heterocycles. The molecule has 0 spiro atoms. The number of anilines is 1. The molecule has 1 aliphatic rings. The van der Waals surface area contributed by atoms with Crippen LogP contribution in [0.3, 0.4) is 0 Å². The summed E-state index contributed by atoms with van der Waals surface area (Å²) >= 11 is 0. The molecule has 4 heteroatoms. The van der Waals surface area contributed by atoms with Gasteiger partial charge in [-0.3, -0.25) is 0 Å². The van der Waals surface area contributed by atoms with Crippen molar-refractivity contribution in [3.8, 4) is 5.75 Å². The maximum atomic E-state index is 6.08. The van der Waals surface area contributed by atoms with E-state index in [4.69, 9.17) is 10.5 Å². The summed E-state index contributed by atoms with van der Waals surface area (Å²) in [6, 6.07) is 6.49. The van der Waals surface area contributed by atoms with Gasteiger partial charge < -0.3 is 10.5 Å². The minimum absolute atomic E-state index is 0.240. The Morgan fingerprint density at radius 2 is 2.28 bits per heavy atom. The van der Waals surface area contributed by atoms with Crippen molar-refractivity contribution in [3.63, 3.8) is 0 Å². The van der Waals surface area contributed by atoms with E-state index in [1.54, 1.807) is 7.11 Å². The maximum Gasteiger partial charge on any atom is 0.125 e. The molecule has 2 N–H and O–H groups in total. The van der Waals surface area contributed by atoms with Crippen molar-refractivity contribution in [2.75, 3.05) is 12.8 Å². The Kier molecular flexibility index (Phi) is 2.51. The van der Waals surface area contributed by atoms with Crippen LogP contribution >= 0.6 is 0 Å². The van der Waals surface area contributed by atoms with Crippen LogP contribution in [-0.2, 0) is 6.42 Å². The van der Waals surface area contributed by atoms with Crippen LogP contribution in [0.1, 0.15) is 29.2 Å². The third-order valence-electron chi connectivity index (χ3n) is 3.72. The molecule has 0 amide bonds. The van der Waals surface area contributed by atoms with Crippen LogP contribution in [0.25, 0.3) is 0 Å². The van der Waals surface area contributed by atoms with Crippen molar-refractivity contribution >= 4 is 5.82 Å². The van der Waals surface area contributed by atoms with Gasteiger partial charge in [0.15, 0.2) is 0 Å². The highest BCUT2D eigenvalue weighted by Gasteiger charge is 2.26. The zero-order valence-corrected chi connectivity index (χ0v) is 10.7. The first-order valence-electron chi connectivity index (χ1n) is 6.17. The number of aryl methyl sites for hydroxylation is 2. The summed E-state index contributed by atoms with van der Waals surface area (Å²) < 4.78 is 7.23. The number of ether oxygens (including phenoxy) is 1. The molecular formula is C14H17N3O. The lowest BCUT2D eigenvalue weighted by Crippen LogP contribution is -2.12. The van der Waals surface area contributed by atoms with Crippen molar-refractivity contribution in [1.29, 1.82) is 0 Å². The first-order valence-corrected chi connectivity index (χ1v) is 6.17. The molecule has 0 aliphatic heterocycles. The Bertz CT molecular complexity index is 589. The summed E-state index contributed by atoms with van der Waals surface area (Å²) in [5.41, 5.74) is 9.76. The van der Waals surface area contributed by atoms with Gasteiger partial charge in [0.05, 0.1) is 19.3 Å². The number of hydrogen-bond donors (Lipinski definition) is 1. The number of benzene rings is 1. The Hall–Kier alpha value is -1.97. The lowest BCUT2D eigenvalue weighted by Gasteiger charge is -2.15. The van der Waals surface area contributed by atoms with E-state index in [1.165, 1.54) is 11.1 Å². The lowest BCUT2D eigenvalue weighted by molar-refractivity contribution is 0.413. The number of nitrogen functional groups attached to an aromatic ring is 1. The second kappa shape index (κ2) is 4.05. The van der Waals surface area contributed by atoms with E-state index in [1.807, 2.05) is 23.9 Å². The molecule has 1 aromatic heterocycles. The normalized spacial score (nSPS) is 17.8. The molecule has 0 bridgehead atoms. The quantitative estimate of drug-likeness (QED) is 0.880. The van der Waals surface area contributed by atoms with Crippen LogP contribution in [0.2, 0.25) is 0 Å². The van der Waals surface area contributed by atoms with Gasteiger partial charge in [0, 0.05) is 5.56 Å². The Morgan fingerprint density at radius 3 is 2.94 bits per heavy atom. The largest absolute Gasteiger partial charge is 0.497 e. The topological polar surface area (TPSA) is 53.1 Å². The molecule has 0 radical (unpaired) electrons. The van der Waals surface area contributed by atoms with Gasteiger partial charge >= 0.3 is 0 Å². The fraction of sp³-hybridized carbons (Fsp3) is 0.357. The van der Waals surface area contributed by atoms with Crippen molar-refractivity contribution in [2.24, 2.45) is 0 Å². The maximum absolute atomic E-state index is 6.08. The van der Waals surface area contributed by atoms with Crippen LogP contribution in [0.15, 0.2) is 24.4 Å². The van der Waals surface area contributed by atoms with Crippen molar-refractivity contribution < 1.29 is 4.74 Å². The Labute approximate surface area is 106 Å².